The number of aromatic nitrogens is 3. The summed E-state index contributed by atoms with van der Waals surface area (Å²) in [6.45, 7) is 1.91. The minimum atomic E-state index is -0.949. The lowest BCUT2D eigenvalue weighted by molar-refractivity contribution is 0.509. The average molecular weight is 348 g/mol. The van der Waals surface area contributed by atoms with Crippen LogP contribution in [0.1, 0.15) is 5.56 Å². The topological polar surface area (TPSA) is 62.7 Å². The van der Waals surface area contributed by atoms with Crippen molar-refractivity contribution in [3.05, 3.63) is 64.8 Å². The highest BCUT2D eigenvalue weighted by Gasteiger charge is 2.07. The number of nitrogens with one attached hydrogen (secondary N) is 2. The van der Waals surface area contributed by atoms with Crippen molar-refractivity contribution in [2.75, 3.05) is 10.6 Å². The first-order chi connectivity index (χ1) is 11.5. The summed E-state index contributed by atoms with van der Waals surface area (Å²) in [6.07, 6.45) is 1.37. The molecule has 2 aromatic carbocycles. The average Bonchev–Trinajstić information content (AvgIpc) is 2.55. The van der Waals surface area contributed by atoms with Crippen LogP contribution in [0, 0.1) is 18.6 Å². The van der Waals surface area contributed by atoms with E-state index in [4.69, 9.17) is 11.6 Å². The van der Waals surface area contributed by atoms with Crippen LogP contribution in [-0.4, -0.2) is 15.2 Å². The minimum Gasteiger partial charge on any atom is -0.339 e. The van der Waals surface area contributed by atoms with Gasteiger partial charge in [0.2, 0.25) is 5.95 Å². The molecule has 0 aliphatic carbocycles. The minimum absolute atomic E-state index is 0.243. The van der Waals surface area contributed by atoms with Crippen molar-refractivity contribution in [2.24, 2.45) is 0 Å². The molecule has 0 spiro atoms. The van der Waals surface area contributed by atoms with Crippen molar-refractivity contribution in [3.8, 4) is 0 Å². The van der Waals surface area contributed by atoms with Crippen molar-refractivity contribution in [2.45, 2.75) is 6.92 Å². The Balaban J connectivity index is 1.81. The fraction of sp³-hybridized carbons (Fsp3) is 0.0625. The normalized spacial score (nSPS) is 10.5. The second-order valence-electron chi connectivity index (χ2n) is 5.00. The maximum atomic E-state index is 13.2. The second kappa shape index (κ2) is 6.76. The van der Waals surface area contributed by atoms with Gasteiger partial charge in [-0.25, -0.2) is 8.78 Å². The molecule has 0 aliphatic rings. The molecule has 2 N–H and O–H groups in total. The number of halogens is 3. The highest BCUT2D eigenvalue weighted by Crippen LogP contribution is 2.23. The van der Waals surface area contributed by atoms with Crippen molar-refractivity contribution in [1.82, 2.24) is 15.2 Å². The highest BCUT2D eigenvalue weighted by molar-refractivity contribution is 6.30. The third-order valence-corrected chi connectivity index (χ3v) is 3.43. The SMILES string of the molecule is Cc1ccc(Cl)cc1Nc1nncc(Nc2ccc(F)c(F)c2)n1. The lowest BCUT2D eigenvalue weighted by Crippen LogP contribution is -2.03. The molecule has 0 radical (unpaired) electrons. The smallest absolute Gasteiger partial charge is 0.249 e. The number of anilines is 4. The van der Waals surface area contributed by atoms with E-state index in [1.165, 1.54) is 12.3 Å². The number of nitrogens with zero attached hydrogens (tertiary/aromatic N) is 3. The Morgan fingerprint density at radius 2 is 1.83 bits per heavy atom. The zero-order chi connectivity index (χ0) is 17.1. The van der Waals surface area contributed by atoms with Crippen molar-refractivity contribution in [1.29, 1.82) is 0 Å². The van der Waals surface area contributed by atoms with Gasteiger partial charge in [-0.1, -0.05) is 17.7 Å². The van der Waals surface area contributed by atoms with E-state index in [1.54, 1.807) is 12.1 Å². The number of hydrogen-bond acceptors (Lipinski definition) is 5. The van der Waals surface area contributed by atoms with Crippen LogP contribution < -0.4 is 10.6 Å². The lowest BCUT2D eigenvalue weighted by Gasteiger charge is -2.10. The fourth-order valence-electron chi connectivity index (χ4n) is 1.99. The quantitative estimate of drug-likeness (QED) is 0.722. The molecule has 0 amide bonds. The Kier molecular flexibility index (Phi) is 4.52. The number of benzene rings is 2. The Morgan fingerprint density at radius 3 is 2.62 bits per heavy atom. The van der Waals surface area contributed by atoms with Crippen LogP contribution in [-0.2, 0) is 0 Å². The van der Waals surface area contributed by atoms with Crippen LogP contribution in [0.4, 0.5) is 31.9 Å². The fourth-order valence-corrected chi connectivity index (χ4v) is 2.16. The van der Waals surface area contributed by atoms with E-state index >= 15 is 0 Å². The molecule has 0 saturated heterocycles. The lowest BCUT2D eigenvalue weighted by atomic mass is 10.2. The molecule has 5 nitrogen and oxygen atoms in total. The van der Waals surface area contributed by atoms with Crippen molar-refractivity contribution >= 4 is 34.7 Å². The molecule has 3 rings (SSSR count). The molecule has 0 aliphatic heterocycles. The van der Waals surface area contributed by atoms with Crippen LogP contribution in [0.3, 0.4) is 0 Å². The van der Waals surface area contributed by atoms with Crippen molar-refractivity contribution in [3.63, 3.8) is 0 Å². The van der Waals surface area contributed by atoms with Crippen LogP contribution >= 0.6 is 11.6 Å². The van der Waals surface area contributed by atoms with Gasteiger partial charge in [0.15, 0.2) is 17.5 Å². The maximum absolute atomic E-state index is 13.2. The van der Waals surface area contributed by atoms with Crippen LogP contribution in [0.5, 0.6) is 0 Å². The molecular formula is C16H12ClF2N5. The molecule has 1 aromatic heterocycles. The number of hydrogen-bond donors (Lipinski definition) is 2. The second-order valence-corrected chi connectivity index (χ2v) is 5.44. The molecule has 0 bridgehead atoms. The van der Waals surface area contributed by atoms with Crippen molar-refractivity contribution < 1.29 is 8.78 Å². The molecule has 3 aromatic rings. The summed E-state index contributed by atoms with van der Waals surface area (Å²) in [5.74, 6) is -1.29. The Morgan fingerprint density at radius 1 is 1.00 bits per heavy atom. The third-order valence-electron chi connectivity index (χ3n) is 3.20. The summed E-state index contributed by atoms with van der Waals surface area (Å²) >= 11 is 5.97. The van der Waals surface area contributed by atoms with Gasteiger partial charge in [-0.2, -0.15) is 10.1 Å². The molecule has 1 heterocycles. The molecule has 8 heteroatoms. The maximum Gasteiger partial charge on any atom is 0.249 e. The van der Waals surface area contributed by atoms with Gasteiger partial charge in [-0.3, -0.25) is 0 Å². The van der Waals surface area contributed by atoms with E-state index in [1.807, 2.05) is 13.0 Å². The van der Waals surface area contributed by atoms with E-state index in [2.05, 4.69) is 25.8 Å². The summed E-state index contributed by atoms with van der Waals surface area (Å²) in [5, 5.41) is 14.2. The largest absolute Gasteiger partial charge is 0.339 e. The van der Waals surface area contributed by atoms with E-state index in [0.717, 1.165) is 23.4 Å². The van der Waals surface area contributed by atoms with Gasteiger partial charge >= 0.3 is 0 Å². The van der Waals surface area contributed by atoms with E-state index in [0.29, 0.717) is 16.5 Å². The van der Waals surface area contributed by atoms with Gasteiger partial charge in [0.1, 0.15) is 0 Å². The predicted octanol–water partition coefficient (Wildman–Crippen LogP) is 4.60. The van der Waals surface area contributed by atoms with E-state index < -0.39 is 11.6 Å². The predicted molar refractivity (Wildman–Crippen MR) is 88.9 cm³/mol. The molecule has 0 unspecified atom stereocenters. The Bertz CT molecular complexity index is 888. The summed E-state index contributed by atoms with van der Waals surface area (Å²) < 4.78 is 26.2. The van der Waals surface area contributed by atoms with Gasteiger partial charge < -0.3 is 10.6 Å². The van der Waals surface area contributed by atoms with Gasteiger partial charge in [-0.15, -0.1) is 5.10 Å². The molecule has 0 saturated carbocycles. The Hall–Kier alpha value is -2.80. The van der Waals surface area contributed by atoms with Crippen LogP contribution in [0.25, 0.3) is 0 Å². The third kappa shape index (κ3) is 3.75. The molecule has 122 valence electrons. The zero-order valence-corrected chi connectivity index (χ0v) is 13.3. The molecule has 0 fully saturated rings. The Labute approximate surface area is 141 Å². The summed E-state index contributed by atoms with van der Waals surface area (Å²) in [6, 6.07) is 8.85. The van der Waals surface area contributed by atoms with Gasteiger partial charge in [0.25, 0.3) is 0 Å². The summed E-state index contributed by atoms with van der Waals surface area (Å²) in [4.78, 5) is 4.23. The van der Waals surface area contributed by atoms with Gasteiger partial charge in [0, 0.05) is 22.5 Å². The first kappa shape index (κ1) is 16.1. The monoisotopic (exact) mass is 347 g/mol. The van der Waals surface area contributed by atoms with Crippen LogP contribution in [0.15, 0.2) is 42.6 Å². The summed E-state index contributed by atoms with van der Waals surface area (Å²) in [7, 11) is 0. The molecular weight excluding hydrogens is 336 g/mol. The van der Waals surface area contributed by atoms with Crippen LogP contribution in [0.2, 0.25) is 5.02 Å². The standard InChI is InChI=1S/C16H12ClF2N5/c1-9-2-3-10(17)6-14(9)22-16-23-15(8-20-24-16)21-11-4-5-12(18)13(19)7-11/h2-8H,1H3,(H2,21,22,23,24). The number of rotatable bonds is 4. The molecule has 24 heavy (non-hydrogen) atoms. The van der Waals surface area contributed by atoms with Gasteiger partial charge in [-0.05, 0) is 36.8 Å². The van der Waals surface area contributed by atoms with E-state index in [9.17, 15) is 8.78 Å². The van der Waals surface area contributed by atoms with Gasteiger partial charge in [0.05, 0.1) is 6.20 Å². The molecule has 0 atom stereocenters. The summed E-state index contributed by atoms with van der Waals surface area (Å²) in [5.41, 5.74) is 2.05. The zero-order valence-electron chi connectivity index (χ0n) is 12.5. The first-order valence-electron chi connectivity index (χ1n) is 6.96. The highest BCUT2D eigenvalue weighted by atomic mass is 35.5. The van der Waals surface area contributed by atoms with E-state index in [-0.39, 0.29) is 5.95 Å². The first-order valence-corrected chi connectivity index (χ1v) is 7.34. The number of aryl methyl sites for hydroxylation is 1.